The fourth-order valence-electron chi connectivity index (χ4n) is 1.49. The maximum Gasteiger partial charge on any atom is 0.172 e. The van der Waals surface area contributed by atoms with E-state index in [4.69, 9.17) is 41.8 Å². The molecule has 9 heteroatoms. The van der Waals surface area contributed by atoms with Gasteiger partial charge in [0.2, 0.25) is 0 Å². The van der Waals surface area contributed by atoms with Crippen molar-refractivity contribution < 1.29 is 33.5 Å². The first-order valence-corrected chi connectivity index (χ1v) is 7.86. The summed E-state index contributed by atoms with van der Waals surface area (Å²) in [5, 5.41) is 1.31. The number of halogens is 3. The van der Waals surface area contributed by atoms with Crippen molar-refractivity contribution in [3.8, 4) is 0 Å². The van der Waals surface area contributed by atoms with Crippen LogP contribution in [-0.2, 0) is 0 Å². The standard InChI is InChI=1S/C13H17Cl2N2.ClHO4/c1-16(2)8-10(9-17(3)4)13-11(14)6-5-7-12(13)15;2-1(3,4)5/h5-9H,1-4H3;(H,2,3,4,5)/q+1;/p-1. The fourth-order valence-corrected chi connectivity index (χ4v) is 2.11. The molecule has 1 aromatic rings. The minimum atomic E-state index is -4.94. The summed E-state index contributed by atoms with van der Waals surface area (Å²) in [6.07, 6.45) is 3.99. The molecule has 1 aromatic carbocycles. The molecule has 0 aliphatic carbocycles. The lowest BCUT2D eigenvalue weighted by molar-refractivity contribution is -2.00. The van der Waals surface area contributed by atoms with Crippen molar-refractivity contribution in [2.75, 3.05) is 28.2 Å². The SMILES string of the molecule is CN(C)/C=C(\C=[N+](C)C)c1c(Cl)cccc1Cl.[O-][Cl+3]([O-])([O-])[O-]. The highest BCUT2D eigenvalue weighted by Gasteiger charge is 2.12. The Morgan fingerprint density at radius 2 is 1.50 bits per heavy atom. The lowest BCUT2D eigenvalue weighted by Gasteiger charge is -2.17. The average Bonchev–Trinajstić information content (AvgIpc) is 2.24. The van der Waals surface area contributed by atoms with Gasteiger partial charge in [0.25, 0.3) is 0 Å². The summed E-state index contributed by atoms with van der Waals surface area (Å²) in [5.74, 6) is 0. The second-order valence-electron chi connectivity index (χ2n) is 4.62. The highest BCUT2D eigenvalue weighted by atomic mass is 35.7. The number of hydrogen-bond acceptors (Lipinski definition) is 5. The van der Waals surface area contributed by atoms with E-state index in [0.717, 1.165) is 11.1 Å². The Balaban J connectivity index is 0.000000763. The Morgan fingerprint density at radius 1 is 1.09 bits per heavy atom. The number of hydrogen-bond donors (Lipinski definition) is 0. The minimum absolute atomic E-state index is 0.656. The fraction of sp³-hybridized carbons (Fsp3) is 0.308. The highest BCUT2D eigenvalue weighted by molar-refractivity contribution is 6.39. The summed E-state index contributed by atoms with van der Waals surface area (Å²) < 4.78 is 35.9. The highest BCUT2D eigenvalue weighted by Crippen LogP contribution is 2.30. The maximum absolute atomic E-state index is 8.49. The predicted octanol–water partition coefficient (Wildman–Crippen LogP) is -1.52. The van der Waals surface area contributed by atoms with Crippen LogP contribution in [0.5, 0.6) is 0 Å². The molecule has 124 valence electrons. The summed E-state index contributed by atoms with van der Waals surface area (Å²) >= 11 is 12.4. The van der Waals surface area contributed by atoms with Crippen molar-refractivity contribution in [2.45, 2.75) is 0 Å². The molecule has 0 saturated heterocycles. The van der Waals surface area contributed by atoms with Gasteiger partial charge in [-0.1, -0.05) is 29.3 Å². The molecule has 0 aliphatic rings. The Labute approximate surface area is 141 Å². The van der Waals surface area contributed by atoms with Crippen LogP contribution in [0.2, 0.25) is 10.0 Å². The Morgan fingerprint density at radius 3 is 1.82 bits per heavy atom. The van der Waals surface area contributed by atoms with E-state index in [0.29, 0.717) is 10.0 Å². The molecule has 0 heterocycles. The zero-order chi connectivity index (χ0) is 17.5. The van der Waals surface area contributed by atoms with Gasteiger partial charge in [0.05, 0.1) is 15.6 Å². The van der Waals surface area contributed by atoms with Crippen LogP contribution in [0.25, 0.3) is 5.57 Å². The second kappa shape index (κ2) is 9.32. The molecule has 1 rings (SSSR count). The van der Waals surface area contributed by atoms with Gasteiger partial charge in [0.15, 0.2) is 6.21 Å². The third kappa shape index (κ3) is 9.97. The van der Waals surface area contributed by atoms with Crippen molar-refractivity contribution in [1.82, 2.24) is 4.90 Å². The monoisotopic (exact) mass is 370 g/mol. The van der Waals surface area contributed by atoms with Crippen LogP contribution in [0.3, 0.4) is 0 Å². The van der Waals surface area contributed by atoms with E-state index in [1.807, 2.05) is 68.3 Å². The molecule has 0 atom stereocenters. The summed E-state index contributed by atoms with van der Waals surface area (Å²) in [4.78, 5) is 1.97. The summed E-state index contributed by atoms with van der Waals surface area (Å²) in [7, 11) is 2.92. The molecule has 0 saturated carbocycles. The molecule has 0 unspecified atom stereocenters. The zero-order valence-corrected chi connectivity index (χ0v) is 14.8. The van der Waals surface area contributed by atoms with E-state index < -0.39 is 10.2 Å². The first-order chi connectivity index (χ1) is 9.91. The van der Waals surface area contributed by atoms with E-state index in [1.165, 1.54) is 0 Å². The van der Waals surface area contributed by atoms with Crippen molar-refractivity contribution in [3.63, 3.8) is 0 Å². The third-order valence-electron chi connectivity index (χ3n) is 2.05. The first-order valence-electron chi connectivity index (χ1n) is 5.87. The predicted molar refractivity (Wildman–Crippen MR) is 76.3 cm³/mol. The molecule has 0 aromatic heterocycles. The van der Waals surface area contributed by atoms with E-state index >= 15 is 0 Å². The van der Waals surface area contributed by atoms with Crippen molar-refractivity contribution in [2.24, 2.45) is 0 Å². The third-order valence-corrected chi connectivity index (χ3v) is 2.68. The number of nitrogens with zero attached hydrogens (tertiary/aromatic N) is 2. The molecule has 0 aliphatic heterocycles. The molecule has 22 heavy (non-hydrogen) atoms. The lowest BCUT2D eigenvalue weighted by Crippen LogP contribution is -2.68. The van der Waals surface area contributed by atoms with Crippen molar-refractivity contribution in [3.05, 3.63) is 40.0 Å². The molecule has 0 radical (unpaired) electrons. The van der Waals surface area contributed by atoms with Gasteiger partial charge in [-0.2, -0.15) is 0 Å². The van der Waals surface area contributed by atoms with Gasteiger partial charge in [0.1, 0.15) is 14.1 Å². The minimum Gasteiger partial charge on any atom is -0.383 e. The summed E-state index contributed by atoms with van der Waals surface area (Å²) in [6, 6.07) is 5.53. The van der Waals surface area contributed by atoms with Crippen molar-refractivity contribution >= 4 is 35.0 Å². The van der Waals surface area contributed by atoms with Crippen LogP contribution < -0.4 is 18.6 Å². The molecular weight excluding hydrogens is 355 g/mol. The molecule has 0 N–H and O–H groups in total. The maximum atomic E-state index is 8.49. The molecular formula is C13H17Cl3N2O4. The molecule has 0 amide bonds. The Kier molecular flexibility index (Phi) is 8.95. The van der Waals surface area contributed by atoms with Gasteiger partial charge in [-0.15, -0.1) is 10.2 Å². The van der Waals surface area contributed by atoms with E-state index in [1.54, 1.807) is 0 Å². The van der Waals surface area contributed by atoms with Crippen LogP contribution in [0.15, 0.2) is 24.4 Å². The Hall–Kier alpha value is -0.860. The molecule has 0 spiro atoms. The Bertz CT molecular complexity index is 524. The molecule has 0 fully saturated rings. The molecule has 0 bridgehead atoms. The quantitative estimate of drug-likeness (QED) is 0.475. The van der Waals surface area contributed by atoms with Crippen LogP contribution >= 0.6 is 23.2 Å². The van der Waals surface area contributed by atoms with Gasteiger partial charge in [-0.05, 0) is 12.1 Å². The normalized spacial score (nSPS) is 11.5. The summed E-state index contributed by atoms with van der Waals surface area (Å²) in [5.41, 5.74) is 1.84. The van der Waals surface area contributed by atoms with E-state index in [2.05, 4.69) is 0 Å². The number of allylic oxidation sites excluding steroid dienone is 1. The zero-order valence-electron chi connectivity index (χ0n) is 12.5. The topological polar surface area (TPSA) is 98.5 Å². The van der Waals surface area contributed by atoms with E-state index in [9.17, 15) is 0 Å². The largest absolute Gasteiger partial charge is 0.383 e. The number of benzene rings is 1. The van der Waals surface area contributed by atoms with Crippen LogP contribution in [-0.4, -0.2) is 43.9 Å². The summed E-state index contributed by atoms with van der Waals surface area (Å²) in [6.45, 7) is 0. The average molecular weight is 372 g/mol. The lowest BCUT2D eigenvalue weighted by atomic mass is 10.1. The first kappa shape index (κ1) is 21.1. The van der Waals surface area contributed by atoms with Crippen LogP contribution in [0.4, 0.5) is 0 Å². The van der Waals surface area contributed by atoms with Gasteiger partial charge in [-0.25, -0.2) is 23.2 Å². The molecule has 6 nitrogen and oxygen atoms in total. The van der Waals surface area contributed by atoms with Crippen LogP contribution in [0.1, 0.15) is 5.56 Å². The smallest absolute Gasteiger partial charge is 0.172 e. The van der Waals surface area contributed by atoms with Gasteiger partial charge < -0.3 is 4.90 Å². The van der Waals surface area contributed by atoms with Crippen molar-refractivity contribution in [1.29, 1.82) is 0 Å². The number of rotatable bonds is 3. The van der Waals surface area contributed by atoms with Gasteiger partial charge in [-0.3, -0.25) is 0 Å². The second-order valence-corrected chi connectivity index (χ2v) is 6.19. The van der Waals surface area contributed by atoms with Gasteiger partial charge >= 0.3 is 0 Å². The van der Waals surface area contributed by atoms with E-state index in [-0.39, 0.29) is 0 Å². The van der Waals surface area contributed by atoms with Crippen LogP contribution in [0, 0.1) is 10.2 Å². The van der Waals surface area contributed by atoms with Gasteiger partial charge in [0, 0.05) is 25.9 Å².